The second-order valence-electron chi connectivity index (χ2n) is 5.71. The van der Waals surface area contributed by atoms with Crippen LogP contribution in [0.25, 0.3) is 0 Å². The summed E-state index contributed by atoms with van der Waals surface area (Å²) in [6.07, 6.45) is 2.55. The highest BCUT2D eigenvalue weighted by molar-refractivity contribution is 5.97. The fourth-order valence-corrected chi connectivity index (χ4v) is 2.68. The Morgan fingerprint density at radius 2 is 2.15 bits per heavy atom. The molecule has 0 aliphatic heterocycles. The number of hydrogen-bond donors (Lipinski definition) is 3. The average Bonchev–Trinajstić information content (AvgIpc) is 2.73. The van der Waals surface area contributed by atoms with Crippen LogP contribution in [0.15, 0.2) is 18.2 Å². The number of benzene rings is 1. The summed E-state index contributed by atoms with van der Waals surface area (Å²) in [7, 11) is 0. The van der Waals surface area contributed by atoms with Crippen molar-refractivity contribution in [2.75, 3.05) is 5.32 Å². The predicted molar refractivity (Wildman–Crippen MR) is 76.7 cm³/mol. The molecule has 20 heavy (non-hydrogen) atoms. The highest BCUT2D eigenvalue weighted by Gasteiger charge is 2.42. The van der Waals surface area contributed by atoms with Crippen molar-refractivity contribution in [2.24, 2.45) is 11.1 Å². The molecule has 5 nitrogen and oxygen atoms in total. The van der Waals surface area contributed by atoms with E-state index in [-0.39, 0.29) is 17.5 Å². The van der Waals surface area contributed by atoms with Gasteiger partial charge in [-0.3, -0.25) is 4.79 Å². The molecular formula is C15H20N2O3. The van der Waals surface area contributed by atoms with Gasteiger partial charge in [-0.2, -0.15) is 0 Å². The van der Waals surface area contributed by atoms with Gasteiger partial charge in [-0.25, -0.2) is 4.79 Å². The first-order chi connectivity index (χ1) is 9.34. The number of anilines is 1. The minimum atomic E-state index is -0.998. The molecule has 1 aliphatic rings. The average molecular weight is 276 g/mol. The highest BCUT2D eigenvalue weighted by atomic mass is 16.4. The summed E-state index contributed by atoms with van der Waals surface area (Å²) in [6, 6.07) is 4.74. The number of hydrogen-bond acceptors (Lipinski definition) is 3. The van der Waals surface area contributed by atoms with Gasteiger partial charge >= 0.3 is 5.97 Å². The van der Waals surface area contributed by atoms with Crippen LogP contribution in [0, 0.1) is 12.3 Å². The standard InChI is InChI=1S/C15H20N2O3/c1-9-5-6-10(8-11(9)13(18)19)17-14(20)15(2)7-3-4-12(15)16/h5-6,8,12H,3-4,7,16H2,1-2H3,(H,17,20)(H,18,19). The SMILES string of the molecule is Cc1ccc(NC(=O)C2(C)CCCC2N)cc1C(=O)O. The van der Waals surface area contributed by atoms with Gasteiger partial charge in [0, 0.05) is 11.7 Å². The number of carboxylic acids is 1. The Hall–Kier alpha value is -1.88. The summed E-state index contributed by atoms with van der Waals surface area (Å²) < 4.78 is 0. The Balaban J connectivity index is 2.20. The lowest BCUT2D eigenvalue weighted by Gasteiger charge is -2.27. The van der Waals surface area contributed by atoms with E-state index in [1.54, 1.807) is 19.1 Å². The third-order valence-electron chi connectivity index (χ3n) is 4.27. The summed E-state index contributed by atoms with van der Waals surface area (Å²) in [6.45, 7) is 3.59. The second-order valence-corrected chi connectivity index (χ2v) is 5.71. The Morgan fingerprint density at radius 1 is 1.45 bits per heavy atom. The molecule has 2 rings (SSSR count). The normalized spacial score (nSPS) is 25.4. The van der Waals surface area contributed by atoms with Gasteiger partial charge in [-0.05, 0) is 44.4 Å². The molecule has 0 spiro atoms. The Kier molecular flexibility index (Phi) is 3.81. The number of carboxylic acid groups (broad SMARTS) is 1. The number of aryl methyl sites for hydroxylation is 1. The lowest BCUT2D eigenvalue weighted by Crippen LogP contribution is -2.44. The van der Waals surface area contributed by atoms with Crippen molar-refractivity contribution < 1.29 is 14.7 Å². The zero-order chi connectivity index (χ0) is 14.9. The van der Waals surface area contributed by atoms with Crippen molar-refractivity contribution >= 4 is 17.6 Å². The molecule has 5 heteroatoms. The first-order valence-corrected chi connectivity index (χ1v) is 6.75. The van der Waals surface area contributed by atoms with Gasteiger partial charge < -0.3 is 16.2 Å². The molecule has 2 atom stereocenters. The van der Waals surface area contributed by atoms with Gasteiger partial charge in [0.15, 0.2) is 0 Å². The van der Waals surface area contributed by atoms with Gasteiger partial charge in [-0.1, -0.05) is 12.5 Å². The molecule has 1 aliphatic carbocycles. The zero-order valence-electron chi connectivity index (χ0n) is 11.8. The van der Waals surface area contributed by atoms with Crippen molar-refractivity contribution in [1.29, 1.82) is 0 Å². The lowest BCUT2D eigenvalue weighted by molar-refractivity contribution is -0.125. The van der Waals surface area contributed by atoms with Crippen LogP contribution in [0.4, 0.5) is 5.69 Å². The predicted octanol–water partition coefficient (Wildman–Crippen LogP) is 2.15. The fraction of sp³-hybridized carbons (Fsp3) is 0.467. The minimum Gasteiger partial charge on any atom is -0.478 e. The van der Waals surface area contributed by atoms with Crippen molar-refractivity contribution in [3.63, 3.8) is 0 Å². The van der Waals surface area contributed by atoms with Crippen molar-refractivity contribution in [1.82, 2.24) is 0 Å². The summed E-state index contributed by atoms with van der Waals surface area (Å²) in [5.41, 5.74) is 6.80. The molecule has 0 heterocycles. The molecule has 2 unspecified atom stereocenters. The topological polar surface area (TPSA) is 92.4 Å². The van der Waals surface area contributed by atoms with Crippen LogP contribution in [0.3, 0.4) is 0 Å². The van der Waals surface area contributed by atoms with E-state index in [2.05, 4.69) is 5.32 Å². The molecule has 1 saturated carbocycles. The molecule has 1 fully saturated rings. The van der Waals surface area contributed by atoms with Crippen molar-refractivity contribution in [3.8, 4) is 0 Å². The smallest absolute Gasteiger partial charge is 0.336 e. The minimum absolute atomic E-state index is 0.136. The van der Waals surface area contributed by atoms with E-state index in [9.17, 15) is 9.59 Å². The number of carbonyl (C=O) groups excluding carboxylic acids is 1. The van der Waals surface area contributed by atoms with Crippen LogP contribution in [-0.2, 0) is 4.79 Å². The van der Waals surface area contributed by atoms with Gasteiger partial charge in [0.25, 0.3) is 0 Å². The summed E-state index contributed by atoms with van der Waals surface area (Å²) in [5.74, 6) is -1.13. The number of nitrogens with two attached hydrogens (primary N) is 1. The van der Waals surface area contributed by atoms with Crippen LogP contribution in [0.5, 0.6) is 0 Å². The quantitative estimate of drug-likeness (QED) is 0.788. The maximum atomic E-state index is 12.4. The molecule has 4 N–H and O–H groups in total. The maximum absolute atomic E-state index is 12.4. The molecule has 1 amide bonds. The lowest BCUT2D eigenvalue weighted by atomic mass is 9.84. The molecule has 0 aromatic heterocycles. The molecule has 1 aromatic carbocycles. The first kappa shape index (κ1) is 14.5. The summed E-state index contributed by atoms with van der Waals surface area (Å²) in [5, 5.41) is 11.9. The zero-order valence-corrected chi connectivity index (χ0v) is 11.8. The van der Waals surface area contributed by atoms with E-state index in [0.29, 0.717) is 11.3 Å². The van der Waals surface area contributed by atoms with Crippen LogP contribution < -0.4 is 11.1 Å². The van der Waals surface area contributed by atoms with E-state index in [1.165, 1.54) is 6.07 Å². The van der Waals surface area contributed by atoms with Crippen molar-refractivity contribution in [2.45, 2.75) is 39.2 Å². The molecular weight excluding hydrogens is 256 g/mol. The largest absolute Gasteiger partial charge is 0.478 e. The maximum Gasteiger partial charge on any atom is 0.336 e. The Bertz CT molecular complexity index is 556. The van der Waals surface area contributed by atoms with Crippen LogP contribution >= 0.6 is 0 Å². The first-order valence-electron chi connectivity index (χ1n) is 6.75. The van der Waals surface area contributed by atoms with Crippen molar-refractivity contribution in [3.05, 3.63) is 29.3 Å². The van der Waals surface area contributed by atoms with E-state index >= 15 is 0 Å². The van der Waals surface area contributed by atoms with Gasteiger partial charge in [0.1, 0.15) is 0 Å². The third kappa shape index (κ3) is 2.54. The molecule has 0 radical (unpaired) electrons. The van der Waals surface area contributed by atoms with Gasteiger partial charge in [0.05, 0.1) is 11.0 Å². The second kappa shape index (κ2) is 5.25. The van der Waals surface area contributed by atoms with E-state index in [0.717, 1.165) is 19.3 Å². The summed E-state index contributed by atoms with van der Waals surface area (Å²) >= 11 is 0. The number of nitrogens with one attached hydrogen (secondary N) is 1. The van der Waals surface area contributed by atoms with Crippen LogP contribution in [0.1, 0.15) is 42.1 Å². The van der Waals surface area contributed by atoms with E-state index in [1.807, 2.05) is 6.92 Å². The third-order valence-corrected chi connectivity index (χ3v) is 4.27. The summed E-state index contributed by atoms with van der Waals surface area (Å²) in [4.78, 5) is 23.5. The number of amides is 1. The van der Waals surface area contributed by atoms with Crippen LogP contribution in [-0.4, -0.2) is 23.0 Å². The molecule has 108 valence electrons. The number of rotatable bonds is 3. The Labute approximate surface area is 118 Å². The molecule has 0 saturated heterocycles. The molecule has 1 aromatic rings. The number of carbonyl (C=O) groups is 2. The fourth-order valence-electron chi connectivity index (χ4n) is 2.68. The van der Waals surface area contributed by atoms with Crippen LogP contribution in [0.2, 0.25) is 0 Å². The molecule has 0 bridgehead atoms. The highest BCUT2D eigenvalue weighted by Crippen LogP contribution is 2.37. The van der Waals surface area contributed by atoms with Gasteiger partial charge in [-0.15, -0.1) is 0 Å². The van der Waals surface area contributed by atoms with Gasteiger partial charge in [0.2, 0.25) is 5.91 Å². The Morgan fingerprint density at radius 3 is 2.70 bits per heavy atom. The van der Waals surface area contributed by atoms with E-state index in [4.69, 9.17) is 10.8 Å². The van der Waals surface area contributed by atoms with E-state index < -0.39 is 11.4 Å². The number of aromatic carboxylic acids is 1. The monoisotopic (exact) mass is 276 g/mol.